The van der Waals surface area contributed by atoms with Gasteiger partial charge >= 0.3 is 6.18 Å². The van der Waals surface area contributed by atoms with E-state index in [4.69, 9.17) is 10.1 Å². The standard InChI is InChI=1S/C22H24F3N7O2/c1-4-32-12-28-31-21(32)13(2)29-16(33)11-34-17-10-15(22(23,24)25)18(20(27-3)30-17)19(26)14-8-6-5-7-9-14/h5-10,12-13,26H,4,11H2,1-3H3,(H,27,30)(H,29,33). The fourth-order valence-electron chi connectivity index (χ4n) is 3.33. The summed E-state index contributed by atoms with van der Waals surface area (Å²) in [6.07, 6.45) is -3.25. The molecule has 0 saturated heterocycles. The second kappa shape index (κ2) is 10.3. The van der Waals surface area contributed by atoms with Crippen molar-refractivity contribution in [1.29, 1.82) is 5.41 Å². The number of aryl methyl sites for hydroxylation is 1. The largest absolute Gasteiger partial charge is 0.467 e. The Labute approximate surface area is 193 Å². The van der Waals surface area contributed by atoms with Gasteiger partial charge < -0.3 is 19.9 Å². The fourth-order valence-corrected chi connectivity index (χ4v) is 3.33. The molecule has 0 bridgehead atoms. The van der Waals surface area contributed by atoms with Crippen LogP contribution in [0.5, 0.6) is 5.88 Å². The van der Waals surface area contributed by atoms with Gasteiger partial charge in [-0.2, -0.15) is 18.2 Å². The summed E-state index contributed by atoms with van der Waals surface area (Å²) in [5.41, 5.74) is -1.55. The number of carbonyl (C=O) groups excluding carboxylic acids is 1. The van der Waals surface area contributed by atoms with Gasteiger partial charge in [-0.25, -0.2) is 0 Å². The third-order valence-corrected chi connectivity index (χ3v) is 4.95. The van der Waals surface area contributed by atoms with Crippen molar-refractivity contribution >= 4 is 17.4 Å². The lowest BCUT2D eigenvalue weighted by Gasteiger charge is -2.19. The lowest BCUT2D eigenvalue weighted by atomic mass is 9.98. The van der Waals surface area contributed by atoms with Gasteiger partial charge in [0.05, 0.1) is 22.9 Å². The molecule has 3 aromatic rings. The number of pyridine rings is 1. The predicted molar refractivity (Wildman–Crippen MR) is 119 cm³/mol. The number of amides is 1. The van der Waals surface area contributed by atoms with Crippen LogP contribution in [-0.2, 0) is 17.5 Å². The highest BCUT2D eigenvalue weighted by Crippen LogP contribution is 2.37. The maximum atomic E-state index is 13.9. The van der Waals surface area contributed by atoms with E-state index >= 15 is 0 Å². The molecule has 180 valence electrons. The minimum Gasteiger partial charge on any atom is -0.467 e. The molecule has 3 rings (SSSR count). The number of halogens is 3. The van der Waals surface area contributed by atoms with Crippen molar-refractivity contribution in [3.8, 4) is 5.88 Å². The number of carbonyl (C=O) groups is 1. The van der Waals surface area contributed by atoms with Gasteiger partial charge in [0.1, 0.15) is 12.1 Å². The number of hydrogen-bond acceptors (Lipinski definition) is 7. The van der Waals surface area contributed by atoms with E-state index < -0.39 is 41.7 Å². The molecule has 0 spiro atoms. The number of anilines is 1. The summed E-state index contributed by atoms with van der Waals surface area (Å²) in [6.45, 7) is 3.65. The molecule has 2 aromatic heterocycles. The second-order valence-electron chi connectivity index (χ2n) is 7.27. The fraction of sp³-hybridized carbons (Fsp3) is 0.318. The van der Waals surface area contributed by atoms with E-state index in [1.807, 2.05) is 6.92 Å². The molecule has 1 atom stereocenters. The van der Waals surface area contributed by atoms with Crippen molar-refractivity contribution in [3.63, 3.8) is 0 Å². The second-order valence-corrected chi connectivity index (χ2v) is 7.27. The summed E-state index contributed by atoms with van der Waals surface area (Å²) < 4.78 is 48.8. The molecule has 1 unspecified atom stereocenters. The molecule has 0 saturated carbocycles. The van der Waals surface area contributed by atoms with E-state index in [9.17, 15) is 18.0 Å². The molecule has 34 heavy (non-hydrogen) atoms. The Morgan fingerprint density at radius 3 is 2.59 bits per heavy atom. The molecule has 2 heterocycles. The minimum atomic E-state index is -4.79. The Bertz CT molecular complexity index is 1160. The van der Waals surface area contributed by atoms with E-state index in [0.717, 1.165) is 0 Å². The van der Waals surface area contributed by atoms with Crippen molar-refractivity contribution in [2.75, 3.05) is 19.0 Å². The Balaban J connectivity index is 1.82. The lowest BCUT2D eigenvalue weighted by molar-refractivity contribution is -0.137. The normalized spacial score (nSPS) is 12.2. The lowest BCUT2D eigenvalue weighted by Crippen LogP contribution is -2.32. The van der Waals surface area contributed by atoms with Crippen molar-refractivity contribution in [1.82, 2.24) is 25.1 Å². The summed E-state index contributed by atoms with van der Waals surface area (Å²) in [5, 5.41) is 21.4. The van der Waals surface area contributed by atoms with Gasteiger partial charge in [-0.15, -0.1) is 10.2 Å². The molecule has 1 aromatic carbocycles. The van der Waals surface area contributed by atoms with E-state index in [1.165, 1.54) is 25.5 Å². The van der Waals surface area contributed by atoms with E-state index in [2.05, 4.69) is 25.8 Å². The van der Waals surface area contributed by atoms with Crippen molar-refractivity contribution in [2.45, 2.75) is 32.6 Å². The van der Waals surface area contributed by atoms with Gasteiger partial charge in [-0.1, -0.05) is 30.3 Å². The molecule has 0 aliphatic rings. The molecule has 0 aliphatic carbocycles. The number of alkyl halides is 3. The minimum absolute atomic E-state index is 0.191. The first-order valence-electron chi connectivity index (χ1n) is 10.4. The third-order valence-electron chi connectivity index (χ3n) is 4.95. The summed E-state index contributed by atoms with van der Waals surface area (Å²) in [4.78, 5) is 16.4. The van der Waals surface area contributed by atoms with E-state index in [-0.39, 0.29) is 11.5 Å². The zero-order valence-electron chi connectivity index (χ0n) is 18.8. The predicted octanol–water partition coefficient (Wildman–Crippen LogP) is 3.43. The van der Waals surface area contributed by atoms with E-state index in [0.29, 0.717) is 24.0 Å². The highest BCUT2D eigenvalue weighted by Gasteiger charge is 2.37. The van der Waals surface area contributed by atoms with Crippen molar-refractivity contribution in [2.24, 2.45) is 0 Å². The Morgan fingerprint density at radius 2 is 1.97 bits per heavy atom. The highest BCUT2D eigenvalue weighted by atomic mass is 19.4. The molecule has 0 aliphatic heterocycles. The monoisotopic (exact) mass is 475 g/mol. The molecular formula is C22H24F3N7O2. The maximum absolute atomic E-state index is 13.9. The van der Waals surface area contributed by atoms with Gasteiger partial charge in [-0.3, -0.25) is 10.2 Å². The summed E-state index contributed by atoms with van der Waals surface area (Å²) in [7, 11) is 1.40. The van der Waals surface area contributed by atoms with Crippen LogP contribution in [0.15, 0.2) is 42.7 Å². The van der Waals surface area contributed by atoms with Gasteiger partial charge in [0.25, 0.3) is 5.91 Å². The summed E-state index contributed by atoms with van der Waals surface area (Å²) in [5.74, 6) is -0.625. The van der Waals surface area contributed by atoms with Crippen LogP contribution in [0.4, 0.5) is 19.0 Å². The van der Waals surface area contributed by atoms with Crippen LogP contribution in [0.25, 0.3) is 0 Å². The van der Waals surface area contributed by atoms with Crippen molar-refractivity contribution < 1.29 is 22.7 Å². The number of ether oxygens (including phenoxy) is 1. The number of nitrogens with one attached hydrogen (secondary N) is 3. The summed E-state index contributed by atoms with van der Waals surface area (Å²) >= 11 is 0. The first-order chi connectivity index (χ1) is 16.2. The quantitative estimate of drug-likeness (QED) is 0.408. The SMILES string of the molecule is CCn1cnnc1C(C)NC(=O)COc1cc(C(F)(F)F)c(C(=N)c2ccccc2)c(NC)n1. The van der Waals surface area contributed by atoms with Crippen LogP contribution in [-0.4, -0.2) is 45.0 Å². The maximum Gasteiger partial charge on any atom is 0.417 e. The Kier molecular flexibility index (Phi) is 7.49. The first-order valence-corrected chi connectivity index (χ1v) is 10.4. The third kappa shape index (κ3) is 5.50. The molecular weight excluding hydrogens is 451 g/mol. The number of benzene rings is 1. The van der Waals surface area contributed by atoms with Crippen LogP contribution < -0.4 is 15.4 Å². The number of aromatic nitrogens is 4. The average Bonchev–Trinajstić information content (AvgIpc) is 3.31. The zero-order chi connectivity index (χ0) is 24.9. The topological polar surface area (TPSA) is 118 Å². The zero-order valence-corrected chi connectivity index (χ0v) is 18.8. The Morgan fingerprint density at radius 1 is 1.26 bits per heavy atom. The first kappa shape index (κ1) is 24.7. The molecule has 0 fully saturated rings. The number of rotatable bonds is 9. The molecule has 12 heteroatoms. The van der Waals surface area contributed by atoms with Crippen LogP contribution in [0, 0.1) is 5.41 Å². The number of nitrogens with zero attached hydrogens (tertiary/aromatic N) is 4. The molecule has 9 nitrogen and oxygen atoms in total. The Hall–Kier alpha value is -3.96. The van der Waals surface area contributed by atoms with Gasteiger partial charge in [0.2, 0.25) is 5.88 Å². The van der Waals surface area contributed by atoms with Crippen molar-refractivity contribution in [3.05, 3.63) is 65.2 Å². The molecule has 1 amide bonds. The molecule has 3 N–H and O–H groups in total. The van der Waals surface area contributed by atoms with Crippen LogP contribution in [0.3, 0.4) is 0 Å². The van der Waals surface area contributed by atoms with Gasteiger partial charge in [-0.05, 0) is 13.8 Å². The summed E-state index contributed by atoms with van der Waals surface area (Å²) in [6, 6.07) is 8.24. The molecule has 0 radical (unpaired) electrons. The smallest absolute Gasteiger partial charge is 0.417 e. The van der Waals surface area contributed by atoms with Gasteiger partial charge in [0.15, 0.2) is 12.4 Å². The van der Waals surface area contributed by atoms with Crippen LogP contribution in [0.1, 0.15) is 42.4 Å². The van der Waals surface area contributed by atoms with E-state index in [1.54, 1.807) is 29.7 Å². The van der Waals surface area contributed by atoms with Gasteiger partial charge in [0, 0.05) is 25.2 Å². The van der Waals surface area contributed by atoms with Crippen LogP contribution >= 0.6 is 0 Å². The van der Waals surface area contributed by atoms with Crippen LogP contribution in [0.2, 0.25) is 0 Å². The average molecular weight is 475 g/mol. The highest BCUT2D eigenvalue weighted by molar-refractivity contribution is 6.14. The number of hydrogen-bond donors (Lipinski definition) is 3.